The zero-order valence-corrected chi connectivity index (χ0v) is 24.7. The van der Waals surface area contributed by atoms with Crippen LogP contribution in [-0.2, 0) is 57.2 Å². The van der Waals surface area contributed by atoms with E-state index in [4.69, 9.17) is 28.4 Å². The first-order valence-corrected chi connectivity index (χ1v) is 13.6. The first-order chi connectivity index (χ1) is 19.8. The highest BCUT2D eigenvalue weighted by Gasteiger charge is 2.59. The van der Waals surface area contributed by atoms with E-state index in [-0.39, 0.29) is 13.0 Å². The third-order valence-corrected chi connectivity index (χ3v) is 6.76. The first kappa shape index (κ1) is 34.2. The Kier molecular flexibility index (Phi) is 12.9. The van der Waals surface area contributed by atoms with Crippen molar-refractivity contribution in [2.75, 3.05) is 13.2 Å². The molecule has 0 saturated carbocycles. The van der Waals surface area contributed by atoms with Gasteiger partial charge in [0, 0.05) is 47.2 Å². The summed E-state index contributed by atoms with van der Waals surface area (Å²) in [4.78, 5) is 76.5. The normalized spacial score (nSPS) is 22.8. The van der Waals surface area contributed by atoms with Crippen LogP contribution in [0.1, 0.15) is 41.0 Å². The maximum atomic E-state index is 13.7. The molecule has 6 atom stereocenters. The Balaban J connectivity index is 2.79. The number of esters is 5. The number of amides is 1. The molecule has 0 aliphatic carbocycles. The fourth-order valence-electron chi connectivity index (χ4n) is 4.17. The summed E-state index contributed by atoms with van der Waals surface area (Å²) in [7, 11) is 0. The average molecular weight is 611 g/mol. The summed E-state index contributed by atoms with van der Waals surface area (Å²) in [5.41, 5.74) is 0. The first-order valence-electron chi connectivity index (χ1n) is 12.8. The summed E-state index contributed by atoms with van der Waals surface area (Å²) in [5, 5.41) is 2.94. The molecule has 1 fully saturated rings. The highest BCUT2D eigenvalue weighted by atomic mass is 32.2. The predicted molar refractivity (Wildman–Crippen MR) is 144 cm³/mol. The number of carbonyl (C=O) groups excluding carboxylic acids is 6. The van der Waals surface area contributed by atoms with Gasteiger partial charge in [0.2, 0.25) is 10.8 Å². The van der Waals surface area contributed by atoms with Gasteiger partial charge in [-0.2, -0.15) is 0 Å². The Morgan fingerprint density at radius 3 is 2.26 bits per heavy atom. The van der Waals surface area contributed by atoms with Gasteiger partial charge in [-0.1, -0.05) is 30.5 Å². The Labute approximate surface area is 246 Å². The van der Waals surface area contributed by atoms with Crippen molar-refractivity contribution in [2.45, 2.75) is 81.5 Å². The fourth-order valence-corrected chi connectivity index (χ4v) is 5.32. The molecule has 0 bridgehead atoms. The molecule has 1 N–H and O–H groups in total. The summed E-state index contributed by atoms with van der Waals surface area (Å²) in [6.07, 6.45) is -3.41. The maximum Gasteiger partial charge on any atom is 0.350 e. The molecule has 1 unspecified atom stereocenters. The Morgan fingerprint density at radius 1 is 1.05 bits per heavy atom. The molecule has 2 heterocycles. The lowest BCUT2D eigenvalue weighted by molar-refractivity contribution is -0.224. The SMILES string of the molecule is C=CCOC(=O)[C@@]1(Sc2ccccn2)C[C@@H](OC(C)=O)[C@@H](NC(C)=O)C([C@H](OC(C)=O)[C@@H](COC(C)=O)OC(C)=O)O1. The molecular weight excluding hydrogens is 576 g/mol. The number of nitrogens with one attached hydrogen (secondary N) is 1. The molecule has 1 aromatic rings. The second-order valence-electron chi connectivity index (χ2n) is 9.10. The van der Waals surface area contributed by atoms with Crippen LogP contribution in [0.2, 0.25) is 0 Å². The van der Waals surface area contributed by atoms with E-state index in [1.807, 2.05) is 0 Å². The highest BCUT2D eigenvalue weighted by molar-refractivity contribution is 8.01. The van der Waals surface area contributed by atoms with E-state index in [9.17, 15) is 28.8 Å². The lowest BCUT2D eigenvalue weighted by Gasteiger charge is -2.48. The molecule has 1 aliphatic heterocycles. The number of pyridine rings is 1. The van der Waals surface area contributed by atoms with E-state index >= 15 is 0 Å². The molecule has 230 valence electrons. The van der Waals surface area contributed by atoms with Gasteiger partial charge < -0.3 is 33.7 Å². The van der Waals surface area contributed by atoms with Crippen molar-refractivity contribution in [3.8, 4) is 0 Å². The molecule has 1 aromatic heterocycles. The topological polar surface area (TPSA) is 183 Å². The average Bonchev–Trinajstić information content (AvgIpc) is 2.89. The summed E-state index contributed by atoms with van der Waals surface area (Å²) in [6, 6.07) is 3.66. The molecular formula is C27H34N2O12S. The highest BCUT2D eigenvalue weighted by Crippen LogP contribution is 2.45. The Hall–Kier alpha value is -3.98. The number of ether oxygens (including phenoxy) is 6. The van der Waals surface area contributed by atoms with Crippen LogP contribution in [-0.4, -0.2) is 89.3 Å². The van der Waals surface area contributed by atoms with Crippen LogP contribution in [0.15, 0.2) is 42.1 Å². The van der Waals surface area contributed by atoms with E-state index in [1.54, 1.807) is 18.2 Å². The van der Waals surface area contributed by atoms with Crippen molar-refractivity contribution in [3.05, 3.63) is 37.1 Å². The van der Waals surface area contributed by atoms with E-state index in [2.05, 4.69) is 16.9 Å². The minimum atomic E-state index is -2.00. The van der Waals surface area contributed by atoms with Gasteiger partial charge in [0.05, 0.1) is 11.1 Å². The van der Waals surface area contributed by atoms with Crippen molar-refractivity contribution in [2.24, 2.45) is 0 Å². The van der Waals surface area contributed by atoms with Crippen LogP contribution in [0.4, 0.5) is 0 Å². The fraction of sp³-hybridized carbons (Fsp3) is 0.519. The summed E-state index contributed by atoms with van der Waals surface area (Å²) >= 11 is 0.826. The predicted octanol–water partition coefficient (Wildman–Crippen LogP) is 1.25. The van der Waals surface area contributed by atoms with Crippen LogP contribution >= 0.6 is 11.8 Å². The van der Waals surface area contributed by atoms with Crippen molar-refractivity contribution in [1.82, 2.24) is 10.3 Å². The van der Waals surface area contributed by atoms with Gasteiger partial charge in [-0.25, -0.2) is 9.78 Å². The van der Waals surface area contributed by atoms with Crippen LogP contribution in [0, 0.1) is 0 Å². The van der Waals surface area contributed by atoms with Gasteiger partial charge in [0.25, 0.3) is 0 Å². The summed E-state index contributed by atoms with van der Waals surface area (Å²) in [6.45, 7) is 8.33. The van der Waals surface area contributed by atoms with Crippen LogP contribution in [0.3, 0.4) is 0 Å². The number of carbonyl (C=O) groups is 6. The van der Waals surface area contributed by atoms with E-state index in [1.165, 1.54) is 19.2 Å². The second-order valence-corrected chi connectivity index (χ2v) is 10.4. The van der Waals surface area contributed by atoms with Gasteiger partial charge in [0.1, 0.15) is 25.4 Å². The van der Waals surface area contributed by atoms with Gasteiger partial charge in [-0.05, 0) is 12.1 Å². The summed E-state index contributed by atoms with van der Waals surface area (Å²) < 4.78 is 33.3. The Bertz CT molecular complexity index is 1160. The van der Waals surface area contributed by atoms with E-state index < -0.39 is 77.8 Å². The van der Waals surface area contributed by atoms with Crippen LogP contribution in [0.25, 0.3) is 0 Å². The number of nitrogens with zero attached hydrogens (tertiary/aromatic N) is 1. The number of thioether (sulfide) groups is 1. The minimum Gasteiger partial charge on any atom is -0.462 e. The van der Waals surface area contributed by atoms with Crippen molar-refractivity contribution in [1.29, 1.82) is 0 Å². The molecule has 14 nitrogen and oxygen atoms in total. The number of aromatic nitrogens is 1. The van der Waals surface area contributed by atoms with Crippen LogP contribution < -0.4 is 5.32 Å². The second kappa shape index (κ2) is 15.9. The van der Waals surface area contributed by atoms with Crippen molar-refractivity contribution in [3.63, 3.8) is 0 Å². The number of hydrogen-bond donors (Lipinski definition) is 1. The van der Waals surface area contributed by atoms with Gasteiger partial charge in [-0.3, -0.25) is 24.0 Å². The smallest absolute Gasteiger partial charge is 0.350 e. The third kappa shape index (κ3) is 10.1. The lowest BCUT2D eigenvalue weighted by Crippen LogP contribution is -2.68. The molecule has 0 radical (unpaired) electrons. The van der Waals surface area contributed by atoms with Crippen molar-refractivity contribution < 1.29 is 57.2 Å². The van der Waals surface area contributed by atoms with Crippen molar-refractivity contribution >= 4 is 47.5 Å². The standard InChI is InChI=1S/C27H34N2O12S/c1-7-12-36-26(35)27(42-22-10-8-9-11-28-22)13-20(38-17(4)32)23(29-15(2)30)25(41-27)24(40-19(6)34)21(39-18(5)33)14-37-16(3)31/h7-11,20-21,23-25H,1,12-14H2,2-6H3,(H,29,30)/t20-,21-,23-,24-,25?,27+/m1/s1. The zero-order valence-electron chi connectivity index (χ0n) is 23.9. The van der Waals surface area contributed by atoms with Crippen LogP contribution in [0.5, 0.6) is 0 Å². The summed E-state index contributed by atoms with van der Waals surface area (Å²) in [5.74, 6) is -4.69. The minimum absolute atomic E-state index is 0.208. The molecule has 15 heteroatoms. The number of rotatable bonds is 13. The lowest BCUT2D eigenvalue weighted by atomic mass is 9.89. The molecule has 1 amide bonds. The molecule has 2 rings (SSSR count). The molecule has 1 saturated heterocycles. The Morgan fingerprint density at radius 2 is 1.74 bits per heavy atom. The molecule has 0 spiro atoms. The van der Waals surface area contributed by atoms with Gasteiger partial charge in [-0.15, -0.1) is 0 Å². The quantitative estimate of drug-likeness (QED) is 0.191. The number of hydrogen-bond acceptors (Lipinski definition) is 14. The monoisotopic (exact) mass is 610 g/mol. The molecule has 0 aromatic carbocycles. The molecule has 1 aliphatic rings. The maximum absolute atomic E-state index is 13.7. The molecule has 42 heavy (non-hydrogen) atoms. The van der Waals surface area contributed by atoms with E-state index in [0.717, 1.165) is 39.5 Å². The largest absolute Gasteiger partial charge is 0.462 e. The van der Waals surface area contributed by atoms with Gasteiger partial charge in [0.15, 0.2) is 12.2 Å². The van der Waals surface area contributed by atoms with E-state index in [0.29, 0.717) is 5.03 Å². The van der Waals surface area contributed by atoms with Gasteiger partial charge >= 0.3 is 29.8 Å². The zero-order chi connectivity index (χ0) is 31.4. The third-order valence-electron chi connectivity index (χ3n) is 5.55.